The Morgan fingerprint density at radius 2 is 0.981 bits per heavy atom. The van der Waals surface area contributed by atoms with Gasteiger partial charge in [-0.3, -0.25) is 0 Å². The number of anilines is 2. The zero-order chi connectivity index (χ0) is 36.6. The second-order valence-corrected chi connectivity index (χ2v) is 18.2. The zero-order valence-corrected chi connectivity index (χ0v) is 31.8. The molecular formula is C40H48N4O6S2. The van der Waals surface area contributed by atoms with Gasteiger partial charge in [-0.1, -0.05) is 6.07 Å². The molecule has 4 atom stereocenters. The molecule has 0 spiro atoms. The Labute approximate surface area is 308 Å². The normalized spacial score (nSPS) is 22.8. The van der Waals surface area contributed by atoms with Gasteiger partial charge in [-0.2, -0.15) is 0 Å². The van der Waals surface area contributed by atoms with Crippen LogP contribution in [0.3, 0.4) is 0 Å². The molecule has 0 radical (unpaired) electrons. The minimum Gasteiger partial charge on any atom is -0.497 e. The monoisotopic (exact) mass is 744 g/mol. The molecule has 12 heteroatoms. The summed E-state index contributed by atoms with van der Waals surface area (Å²) in [7, 11) is 0.289. The van der Waals surface area contributed by atoms with Crippen LogP contribution in [0.25, 0.3) is 0 Å². The number of likely N-dealkylation sites (tertiary alicyclic amines) is 2. The van der Waals surface area contributed by atoms with Gasteiger partial charge in [0, 0.05) is 35.3 Å². The Kier molecular flexibility index (Phi) is 10.3. The van der Waals surface area contributed by atoms with E-state index in [1.54, 1.807) is 67.8 Å². The second kappa shape index (κ2) is 14.7. The van der Waals surface area contributed by atoms with E-state index in [4.69, 9.17) is 9.47 Å². The zero-order valence-electron chi connectivity index (χ0n) is 30.2. The Morgan fingerprint density at radius 1 is 0.538 bits per heavy atom. The molecule has 4 aromatic carbocycles. The molecule has 10 nitrogen and oxygen atoms in total. The van der Waals surface area contributed by atoms with Gasteiger partial charge in [0.1, 0.15) is 11.5 Å². The van der Waals surface area contributed by atoms with E-state index >= 15 is 0 Å². The van der Waals surface area contributed by atoms with Crippen LogP contribution in [0.15, 0.2) is 105 Å². The van der Waals surface area contributed by atoms with Crippen molar-refractivity contribution in [3.63, 3.8) is 0 Å². The molecular weight excluding hydrogens is 697 g/mol. The van der Waals surface area contributed by atoms with Crippen LogP contribution < -0.4 is 20.1 Å². The summed E-state index contributed by atoms with van der Waals surface area (Å²) in [4.78, 5) is 5.96. The van der Waals surface area contributed by atoms with Crippen molar-refractivity contribution in [3.05, 3.63) is 96.1 Å². The van der Waals surface area contributed by atoms with Gasteiger partial charge >= 0.3 is 0 Å². The highest BCUT2D eigenvalue weighted by Crippen LogP contribution is 2.44. The Morgan fingerprint density at radius 3 is 1.48 bits per heavy atom. The van der Waals surface area contributed by atoms with Crippen LogP contribution >= 0.6 is 0 Å². The number of methoxy groups -OCH3 is 2. The molecule has 0 aromatic heterocycles. The Hall–Kier alpha value is -4.10. The standard InChI is InChI=1S/2C20H24N2O3S/c1-22-11-9-17-18-13-16(7-8-19(18)21-20(17)10-12-22)26(23,24)15-5-3-14(25-2)4-6-15;1-22-10-8-17-18-13-16(6-7-19(18)21-20(17)9-11-22)26(23,24)15-5-3-4-14(12-15)25-2/h3-8,13,17,20-21H,9-12H2,1-2H3;3-7,12-13,17,20-21H,8-11H2,1-2H3/t2*17-,20-/m00/s1. The van der Waals surface area contributed by atoms with Gasteiger partial charge in [-0.25, -0.2) is 16.8 Å². The van der Waals surface area contributed by atoms with Gasteiger partial charge in [0.15, 0.2) is 0 Å². The lowest BCUT2D eigenvalue weighted by Crippen LogP contribution is -2.22. The van der Waals surface area contributed by atoms with E-state index < -0.39 is 19.7 Å². The maximum Gasteiger partial charge on any atom is 0.206 e. The molecule has 8 rings (SSSR count). The summed E-state index contributed by atoms with van der Waals surface area (Å²) >= 11 is 0. The van der Waals surface area contributed by atoms with Crippen molar-refractivity contribution in [2.45, 2.75) is 69.2 Å². The van der Waals surface area contributed by atoms with Gasteiger partial charge in [0.05, 0.1) is 33.8 Å². The predicted octanol–water partition coefficient (Wildman–Crippen LogP) is 6.26. The molecule has 4 heterocycles. The molecule has 0 aliphatic carbocycles. The molecule has 52 heavy (non-hydrogen) atoms. The van der Waals surface area contributed by atoms with E-state index in [0.717, 1.165) is 74.4 Å². The summed E-state index contributed by atoms with van der Waals surface area (Å²) in [5.41, 5.74) is 4.43. The molecule has 2 N–H and O–H groups in total. The average molecular weight is 745 g/mol. The lowest BCUT2D eigenvalue weighted by molar-refractivity contribution is 0.346. The quantitative estimate of drug-likeness (QED) is 0.234. The van der Waals surface area contributed by atoms with Gasteiger partial charge in [-0.05, 0) is 156 Å². The first-order valence-electron chi connectivity index (χ1n) is 17.9. The van der Waals surface area contributed by atoms with Crippen molar-refractivity contribution in [1.82, 2.24) is 9.80 Å². The van der Waals surface area contributed by atoms with E-state index in [1.165, 1.54) is 7.11 Å². The van der Waals surface area contributed by atoms with Crippen LogP contribution in [-0.2, 0) is 19.7 Å². The van der Waals surface area contributed by atoms with Crippen molar-refractivity contribution in [2.24, 2.45) is 0 Å². The second-order valence-electron chi connectivity index (χ2n) is 14.3. The smallest absolute Gasteiger partial charge is 0.206 e. The summed E-state index contributed by atoms with van der Waals surface area (Å²) < 4.78 is 62.6. The molecule has 0 saturated carbocycles. The van der Waals surface area contributed by atoms with Crippen molar-refractivity contribution in [1.29, 1.82) is 0 Å². The summed E-state index contributed by atoms with van der Waals surface area (Å²) in [5.74, 6) is 1.93. The van der Waals surface area contributed by atoms with Gasteiger partial charge in [0.25, 0.3) is 0 Å². The van der Waals surface area contributed by atoms with Crippen LogP contribution in [0, 0.1) is 0 Å². The van der Waals surface area contributed by atoms with Crippen LogP contribution in [-0.4, -0.2) is 93.2 Å². The summed E-state index contributed by atoms with van der Waals surface area (Å²) in [6.07, 6.45) is 4.25. The number of nitrogens with one attached hydrogen (secondary N) is 2. The number of nitrogens with zero attached hydrogens (tertiary/aromatic N) is 2. The molecule has 0 unspecified atom stereocenters. The van der Waals surface area contributed by atoms with Crippen LogP contribution in [0.2, 0.25) is 0 Å². The first-order chi connectivity index (χ1) is 25.0. The van der Waals surface area contributed by atoms with Crippen LogP contribution in [0.5, 0.6) is 11.5 Å². The predicted molar refractivity (Wildman–Crippen MR) is 204 cm³/mol. The lowest BCUT2D eigenvalue weighted by atomic mass is 9.91. The third-order valence-corrected chi connectivity index (χ3v) is 14.6. The van der Waals surface area contributed by atoms with Crippen molar-refractivity contribution < 1.29 is 26.3 Å². The molecule has 0 bridgehead atoms. The third-order valence-electron chi connectivity index (χ3n) is 11.1. The topological polar surface area (TPSA) is 117 Å². The fourth-order valence-corrected chi connectivity index (χ4v) is 10.7. The Bertz CT molecular complexity index is 2140. The molecule has 4 aliphatic rings. The summed E-state index contributed by atoms with van der Waals surface area (Å²) in [5, 5.41) is 7.18. The SMILES string of the molecule is COc1ccc(S(=O)(=O)c2ccc3c(c2)[C@@H]2CCN(C)CC[C@@H]2N3)cc1.COc1cccc(S(=O)(=O)c2ccc3c(c2)[C@@H]2CCN(C)CC[C@@H]2N3)c1. The van der Waals surface area contributed by atoms with Crippen LogP contribution in [0.4, 0.5) is 11.4 Å². The van der Waals surface area contributed by atoms with E-state index in [-0.39, 0.29) is 4.90 Å². The molecule has 2 saturated heterocycles. The number of sulfone groups is 2. The number of hydrogen-bond donors (Lipinski definition) is 2. The summed E-state index contributed by atoms with van der Waals surface area (Å²) in [6, 6.07) is 25.0. The number of benzene rings is 4. The highest BCUT2D eigenvalue weighted by atomic mass is 32.2. The van der Waals surface area contributed by atoms with Gasteiger partial charge in [-0.15, -0.1) is 0 Å². The van der Waals surface area contributed by atoms with Gasteiger partial charge < -0.3 is 29.9 Å². The Balaban J connectivity index is 0.000000162. The molecule has 4 aliphatic heterocycles. The first kappa shape index (κ1) is 36.3. The minimum absolute atomic E-state index is 0.264. The number of hydrogen-bond acceptors (Lipinski definition) is 10. The van der Waals surface area contributed by atoms with Gasteiger partial charge in [0.2, 0.25) is 19.7 Å². The molecule has 2 fully saturated rings. The average Bonchev–Trinajstić information content (AvgIpc) is 3.56. The lowest BCUT2D eigenvalue weighted by Gasteiger charge is -2.16. The highest BCUT2D eigenvalue weighted by Gasteiger charge is 2.36. The number of fused-ring (bicyclic) bond motifs is 6. The van der Waals surface area contributed by atoms with Crippen LogP contribution in [0.1, 0.15) is 48.6 Å². The minimum atomic E-state index is -3.57. The fraction of sp³-hybridized carbons (Fsp3) is 0.400. The maximum atomic E-state index is 13.1. The maximum absolute atomic E-state index is 13.1. The van der Waals surface area contributed by atoms with E-state index in [1.807, 2.05) is 24.3 Å². The van der Waals surface area contributed by atoms with Crippen molar-refractivity contribution in [2.75, 3.05) is 65.1 Å². The molecule has 4 aromatic rings. The van der Waals surface area contributed by atoms with Crippen molar-refractivity contribution >= 4 is 31.0 Å². The number of rotatable bonds is 6. The largest absolute Gasteiger partial charge is 0.497 e. The van der Waals surface area contributed by atoms with Crippen molar-refractivity contribution in [3.8, 4) is 11.5 Å². The fourth-order valence-electron chi connectivity index (χ4n) is 8.04. The number of ether oxygens (including phenoxy) is 2. The van der Waals surface area contributed by atoms with E-state index in [9.17, 15) is 16.8 Å². The molecule has 0 amide bonds. The third kappa shape index (κ3) is 7.13. The highest BCUT2D eigenvalue weighted by molar-refractivity contribution is 7.91. The summed E-state index contributed by atoms with van der Waals surface area (Å²) in [6.45, 7) is 4.21. The van der Waals surface area contributed by atoms with E-state index in [0.29, 0.717) is 50.1 Å². The first-order valence-corrected chi connectivity index (χ1v) is 20.9. The molecule has 276 valence electrons. The van der Waals surface area contributed by atoms with E-state index in [2.05, 4.69) is 34.5 Å².